The zero-order valence-corrected chi connectivity index (χ0v) is 15.5. The maximum absolute atomic E-state index is 8.93. The zero-order chi connectivity index (χ0) is 15.5. The zero-order valence-electron chi connectivity index (χ0n) is 8.72. The van der Waals surface area contributed by atoms with E-state index in [0.29, 0.717) is 0 Å². The summed E-state index contributed by atoms with van der Waals surface area (Å²) < 4.78 is 0. The molecule has 0 aromatic heterocycles. The first-order valence-corrected chi connectivity index (χ1v) is 3.20. The predicted molar refractivity (Wildman–Crippen MR) is 30.0 cm³/mol. The van der Waals surface area contributed by atoms with Gasteiger partial charge in [-0.2, -0.15) is 0 Å². The van der Waals surface area contributed by atoms with E-state index in [4.69, 9.17) is 59.4 Å². The topological polar surface area (TPSA) is 241 Å². The molecule has 0 atom stereocenters. The molecule has 0 aliphatic heterocycles. The maximum atomic E-state index is 8.93. The number of carboxylic acid groups (broad SMARTS) is 6. The second-order valence-electron chi connectivity index (χ2n) is 1.72. The van der Waals surface area contributed by atoms with Crippen molar-refractivity contribution in [1.82, 2.24) is 0 Å². The molecule has 0 aliphatic rings. The van der Waals surface area contributed by atoms with E-state index in [1.165, 1.54) is 0 Å². The fourth-order valence-corrected chi connectivity index (χ4v) is 0. The summed E-state index contributed by atoms with van der Waals surface area (Å²) in [6, 6.07) is 0. The number of carbonyl (C=O) groups excluding carboxylic acids is 6. The summed E-state index contributed by atoms with van der Waals surface area (Å²) in [6.45, 7) is 0. The maximum Gasteiger partial charge on any atom is 0.0870 e. The van der Waals surface area contributed by atoms with Crippen LogP contribution in [0.15, 0.2) is 0 Å². The van der Waals surface area contributed by atoms with Gasteiger partial charge in [-0.3, -0.25) is 0 Å². The van der Waals surface area contributed by atoms with Crippen LogP contribution in [0.5, 0.6) is 0 Å². The van der Waals surface area contributed by atoms with Crippen molar-refractivity contribution < 1.29 is 118 Å². The fraction of sp³-hybridized carbons (Fsp3) is 0. The van der Waals surface area contributed by atoms with E-state index in [0.717, 1.165) is 0 Å². The Kier molecular flexibility index (Phi) is 27.8. The Morgan fingerprint density at radius 2 is 0.400 bits per heavy atom. The van der Waals surface area contributed by atoms with Gasteiger partial charge in [0.15, 0.2) is 0 Å². The van der Waals surface area contributed by atoms with Crippen molar-refractivity contribution in [2.75, 3.05) is 0 Å². The molecule has 0 saturated heterocycles. The summed E-state index contributed by atoms with van der Waals surface area (Å²) in [5, 5.41) is 53.6. The van der Waals surface area contributed by atoms with Crippen LogP contribution in [-0.2, 0) is 28.8 Å². The SMILES string of the molecule is O=C([O-])C(=O)[O-].O=C([O-])C(=O)[O-].O=C([O-])C(=O)[O-].[Pu].[Pu]. The van der Waals surface area contributed by atoms with Gasteiger partial charge < -0.3 is 59.4 Å². The van der Waals surface area contributed by atoms with Crippen molar-refractivity contribution in [2.45, 2.75) is 0 Å². The van der Waals surface area contributed by atoms with Gasteiger partial charge in [0, 0.05) is 58.3 Å². The van der Waals surface area contributed by atoms with Crippen LogP contribution < -0.4 is 30.6 Å². The molecule has 0 spiro atoms. The minimum Gasteiger partial charge on any atom is -0.543 e. The van der Waals surface area contributed by atoms with E-state index >= 15 is 0 Å². The number of carboxylic acids is 6. The van der Waals surface area contributed by atoms with Crippen LogP contribution in [0.3, 0.4) is 0 Å². The van der Waals surface area contributed by atoms with E-state index < -0.39 is 35.8 Å². The number of aliphatic carboxylic acids is 6. The Bertz CT molecular complexity index is 281. The molecule has 114 valence electrons. The molecule has 0 aromatic rings. The van der Waals surface area contributed by atoms with Crippen LogP contribution in [0.1, 0.15) is 0 Å². The van der Waals surface area contributed by atoms with Crippen molar-refractivity contribution in [3.63, 3.8) is 0 Å². The largest absolute Gasteiger partial charge is 0.543 e. The monoisotopic (exact) mass is 740 g/mol. The third kappa shape index (κ3) is 36.0. The van der Waals surface area contributed by atoms with E-state index in [2.05, 4.69) is 0 Å². The predicted octanol–water partition coefficient (Wildman–Crippen LogP) is -10.5. The molecule has 0 N–H and O–H groups in total. The van der Waals surface area contributed by atoms with Gasteiger partial charge in [0.25, 0.3) is 0 Å². The molecule has 20 heavy (non-hydrogen) atoms. The van der Waals surface area contributed by atoms with Crippen LogP contribution in [0, 0.1) is 58.3 Å². The Hall–Kier alpha value is -1.21. The molecule has 0 unspecified atom stereocenters. The molecule has 0 bridgehead atoms. The number of carbonyl (C=O) groups is 6. The van der Waals surface area contributed by atoms with Crippen molar-refractivity contribution >= 4 is 35.8 Å². The molecule has 0 aromatic carbocycles. The number of hydrogen-bond donors (Lipinski definition) is 0. The van der Waals surface area contributed by atoms with Gasteiger partial charge in [-0.15, -0.1) is 0 Å². The molecule has 0 fully saturated rings. The van der Waals surface area contributed by atoms with Gasteiger partial charge in [0.1, 0.15) is 0 Å². The van der Waals surface area contributed by atoms with Crippen LogP contribution in [0.4, 0.5) is 0 Å². The molecule has 12 nitrogen and oxygen atoms in total. The summed E-state index contributed by atoms with van der Waals surface area (Å²) in [6.07, 6.45) is 0. The van der Waals surface area contributed by atoms with E-state index in [-0.39, 0.29) is 58.3 Å². The van der Waals surface area contributed by atoms with E-state index in [1.807, 2.05) is 0 Å². The quantitative estimate of drug-likeness (QED) is 0.210. The first-order valence-electron chi connectivity index (χ1n) is 3.20. The van der Waals surface area contributed by atoms with E-state index in [9.17, 15) is 0 Å². The molecule has 14 heteroatoms. The van der Waals surface area contributed by atoms with E-state index in [1.54, 1.807) is 0 Å². The second-order valence-corrected chi connectivity index (χ2v) is 1.72. The van der Waals surface area contributed by atoms with Gasteiger partial charge in [-0.05, 0) is 0 Å². The summed E-state index contributed by atoms with van der Waals surface area (Å²) in [5.74, 6) is -13.1. The smallest absolute Gasteiger partial charge is 0.0870 e. The molecule has 0 radical (unpaired) electrons. The summed E-state index contributed by atoms with van der Waals surface area (Å²) >= 11 is 0. The minimum atomic E-state index is -2.19. The van der Waals surface area contributed by atoms with Gasteiger partial charge in [-0.1, -0.05) is 0 Å². The van der Waals surface area contributed by atoms with Crippen molar-refractivity contribution in [1.29, 1.82) is 0 Å². The minimum absolute atomic E-state index is 0. The van der Waals surface area contributed by atoms with Crippen LogP contribution in [0.2, 0.25) is 0 Å². The van der Waals surface area contributed by atoms with Crippen molar-refractivity contribution in [3.05, 3.63) is 0 Å². The number of rotatable bonds is 0. The molecule has 0 amide bonds. The summed E-state index contributed by atoms with van der Waals surface area (Å²) in [7, 11) is 0. The average molecular weight is 752 g/mol. The molecule has 0 rings (SSSR count). The third-order valence-electron chi connectivity index (χ3n) is 0.500. The summed E-state index contributed by atoms with van der Waals surface area (Å²) in [5.41, 5.74) is 0. The van der Waals surface area contributed by atoms with Gasteiger partial charge in [0.05, 0.1) is 35.8 Å². The molecule has 0 aliphatic carbocycles. The van der Waals surface area contributed by atoms with Gasteiger partial charge in [0.2, 0.25) is 0 Å². The van der Waals surface area contributed by atoms with Gasteiger partial charge in [-0.25, -0.2) is 0 Å². The molecular formula is C6O12Pu2-6. The first kappa shape index (κ1) is 31.3. The molecule has 0 heterocycles. The average Bonchev–Trinajstić information content (AvgIpc) is 2.18. The van der Waals surface area contributed by atoms with Crippen molar-refractivity contribution in [3.8, 4) is 0 Å². The fourth-order valence-electron chi connectivity index (χ4n) is 0. The Labute approximate surface area is 152 Å². The van der Waals surface area contributed by atoms with Crippen LogP contribution in [0.25, 0.3) is 0 Å². The normalized spacial score (nSPS) is 6.60. The van der Waals surface area contributed by atoms with Crippen LogP contribution >= 0.6 is 0 Å². The second kappa shape index (κ2) is 17.8. The van der Waals surface area contributed by atoms with Crippen LogP contribution in [-0.4, -0.2) is 35.8 Å². The van der Waals surface area contributed by atoms with Gasteiger partial charge >= 0.3 is 0 Å². The Balaban J connectivity index is -0.0000000536. The Morgan fingerprint density at radius 3 is 0.400 bits per heavy atom. The standard InChI is InChI=1S/3C2H2O4.2Pu/c3*3-1(4)2(5)6;;/h3*(H,3,4)(H,5,6);;/p-6. The third-order valence-corrected chi connectivity index (χ3v) is 0.500. The molecule has 0 saturated carbocycles. The summed E-state index contributed by atoms with van der Waals surface area (Å²) in [4.78, 5) is 53.6. The first-order chi connectivity index (χ1) is 7.93. The van der Waals surface area contributed by atoms with Crippen molar-refractivity contribution in [2.24, 2.45) is 0 Å². The molecular weight excluding hydrogens is 752 g/mol. The Morgan fingerprint density at radius 1 is 0.350 bits per heavy atom. The number of hydrogen-bond acceptors (Lipinski definition) is 12.